The van der Waals surface area contributed by atoms with Crippen molar-refractivity contribution in [2.45, 2.75) is 51.9 Å². The second-order valence-corrected chi connectivity index (χ2v) is 11.5. The second kappa shape index (κ2) is 7.67. The lowest BCUT2D eigenvalue weighted by Gasteiger charge is -2.47. The van der Waals surface area contributed by atoms with Crippen molar-refractivity contribution in [3.63, 3.8) is 0 Å². The molecule has 2 N–H and O–H groups in total. The normalized spacial score (nSPS) is 28.1. The number of rotatable bonds is 2. The van der Waals surface area contributed by atoms with E-state index in [1.807, 2.05) is 18.2 Å². The Hall–Kier alpha value is -3.16. The molecule has 35 heavy (non-hydrogen) atoms. The van der Waals surface area contributed by atoms with Gasteiger partial charge in [0, 0.05) is 16.6 Å². The van der Waals surface area contributed by atoms with Crippen molar-refractivity contribution < 1.29 is 14.8 Å². The number of hydrogen-bond acceptors (Lipinski definition) is 5. The lowest BCUT2D eigenvalue weighted by Crippen LogP contribution is -2.41. The molecule has 5 unspecified atom stereocenters. The van der Waals surface area contributed by atoms with Gasteiger partial charge in [0.15, 0.2) is 0 Å². The number of fused-ring (bicyclic) bond motifs is 8. The van der Waals surface area contributed by atoms with Gasteiger partial charge in [0.2, 0.25) is 11.8 Å². The molecular weight excluding hydrogens is 442 g/mol. The molecule has 2 amide bonds. The number of amides is 2. The van der Waals surface area contributed by atoms with Crippen LogP contribution in [-0.4, -0.2) is 22.0 Å². The summed E-state index contributed by atoms with van der Waals surface area (Å²) in [6.45, 7) is 6.79. The summed E-state index contributed by atoms with van der Waals surface area (Å²) < 4.78 is 0. The molecule has 3 aromatic rings. The average Bonchev–Trinajstić information content (AvgIpc) is 3.33. The Balaban J connectivity index is 1.51. The van der Waals surface area contributed by atoms with Crippen LogP contribution in [0.1, 0.15) is 63.1 Å². The van der Waals surface area contributed by atoms with Gasteiger partial charge in [-0.3, -0.25) is 14.8 Å². The molecule has 6 rings (SSSR count). The number of nitrogens with one attached hydrogen (secondary N) is 1. The molecular formula is C28H30N3O4-. The Bertz CT molecular complexity index is 1340. The van der Waals surface area contributed by atoms with Crippen LogP contribution in [0.4, 0.5) is 11.4 Å². The van der Waals surface area contributed by atoms with E-state index in [-0.39, 0.29) is 40.0 Å². The second-order valence-electron chi connectivity index (χ2n) is 11.5. The number of aromatic amines is 1. The number of benzene rings is 2. The highest BCUT2D eigenvalue weighted by molar-refractivity contribution is 6.24. The number of carbonyl (C=O) groups is 2. The first-order valence-corrected chi connectivity index (χ1v) is 12.4. The summed E-state index contributed by atoms with van der Waals surface area (Å²) >= 11 is 0. The standard InChI is InChI=1S/C28H30N3O4/c1-28(2,3)15-11-12-18-20(13-15)23-24(25-22(18)19-9-4-5-10-21(19)29-25)27(33)30(26(23)32)16-7-6-8-17(14-16)31(34)35/h4-10,14-15,18,20,23-24,29,34H,11-13H2,1-3H3/q-1. The fraction of sp³-hybridized carbons (Fsp3) is 0.429. The van der Waals surface area contributed by atoms with Gasteiger partial charge in [-0.05, 0) is 72.3 Å². The molecule has 2 heterocycles. The maximum Gasteiger partial charge on any atom is 0.243 e. The summed E-state index contributed by atoms with van der Waals surface area (Å²) in [5, 5.41) is 21.8. The Morgan fingerprint density at radius 3 is 2.57 bits per heavy atom. The smallest absolute Gasteiger partial charge is 0.243 e. The van der Waals surface area contributed by atoms with E-state index in [2.05, 4.69) is 31.8 Å². The van der Waals surface area contributed by atoms with Gasteiger partial charge in [0.25, 0.3) is 0 Å². The number of para-hydroxylation sites is 1. The van der Waals surface area contributed by atoms with E-state index in [1.54, 1.807) is 12.1 Å². The van der Waals surface area contributed by atoms with Crippen molar-refractivity contribution in [2.75, 3.05) is 10.1 Å². The van der Waals surface area contributed by atoms with Crippen molar-refractivity contribution in [3.8, 4) is 0 Å². The quantitative estimate of drug-likeness (QED) is 0.368. The zero-order valence-electron chi connectivity index (χ0n) is 20.2. The highest BCUT2D eigenvalue weighted by atomic mass is 16.8. The Morgan fingerprint density at radius 1 is 1.06 bits per heavy atom. The predicted octanol–water partition coefficient (Wildman–Crippen LogP) is 5.69. The fourth-order valence-electron chi connectivity index (χ4n) is 7.01. The molecule has 0 bridgehead atoms. The fourth-order valence-corrected chi connectivity index (χ4v) is 7.01. The number of aromatic nitrogens is 1. The summed E-state index contributed by atoms with van der Waals surface area (Å²) in [6, 6.07) is 14.2. The van der Waals surface area contributed by atoms with Crippen molar-refractivity contribution in [1.82, 2.24) is 4.98 Å². The van der Waals surface area contributed by atoms with Crippen LogP contribution >= 0.6 is 0 Å². The van der Waals surface area contributed by atoms with Gasteiger partial charge in [-0.2, -0.15) is 0 Å². The molecule has 7 heteroatoms. The molecule has 0 radical (unpaired) electrons. The Kier molecular flexibility index (Phi) is 4.89. The van der Waals surface area contributed by atoms with Crippen LogP contribution in [-0.2, 0) is 9.59 Å². The molecule has 2 fully saturated rings. The van der Waals surface area contributed by atoms with Crippen LogP contribution in [0.3, 0.4) is 0 Å². The molecule has 7 nitrogen and oxygen atoms in total. The van der Waals surface area contributed by atoms with E-state index >= 15 is 0 Å². The lowest BCUT2D eigenvalue weighted by molar-refractivity contribution is -0.123. The average molecular weight is 473 g/mol. The predicted molar refractivity (Wildman–Crippen MR) is 134 cm³/mol. The summed E-state index contributed by atoms with van der Waals surface area (Å²) in [7, 11) is 0. The molecule has 2 aromatic carbocycles. The van der Waals surface area contributed by atoms with E-state index in [0.717, 1.165) is 35.9 Å². The van der Waals surface area contributed by atoms with Gasteiger partial charge in [0.1, 0.15) is 0 Å². The number of nitrogens with zero attached hydrogens (tertiary/aromatic N) is 2. The Morgan fingerprint density at radius 2 is 1.83 bits per heavy atom. The van der Waals surface area contributed by atoms with Gasteiger partial charge >= 0.3 is 0 Å². The first kappa shape index (κ1) is 22.3. The topological polar surface area (TPSA) is 99.7 Å². The first-order valence-electron chi connectivity index (χ1n) is 12.4. The van der Waals surface area contributed by atoms with Gasteiger partial charge in [-0.15, -0.1) is 0 Å². The van der Waals surface area contributed by atoms with Crippen LogP contribution < -0.4 is 10.1 Å². The Labute approximate surface area is 204 Å². The minimum absolute atomic E-state index is 0.0207. The van der Waals surface area contributed by atoms with Crippen LogP contribution in [0.15, 0.2) is 48.5 Å². The minimum atomic E-state index is -0.578. The van der Waals surface area contributed by atoms with Gasteiger partial charge in [0.05, 0.1) is 23.2 Å². The van der Waals surface area contributed by atoms with E-state index in [0.29, 0.717) is 11.6 Å². The molecule has 1 aromatic heterocycles. The van der Waals surface area contributed by atoms with E-state index < -0.39 is 11.8 Å². The summed E-state index contributed by atoms with van der Waals surface area (Å²) in [5.74, 6) is -0.731. The van der Waals surface area contributed by atoms with E-state index in [1.165, 1.54) is 22.6 Å². The van der Waals surface area contributed by atoms with Crippen LogP contribution in [0.5, 0.6) is 0 Å². The monoisotopic (exact) mass is 472 g/mol. The molecule has 1 saturated carbocycles. The third-order valence-electron chi connectivity index (χ3n) is 8.70. The number of hydrogen-bond donors (Lipinski definition) is 2. The van der Waals surface area contributed by atoms with Crippen LogP contribution in [0, 0.1) is 28.4 Å². The zero-order valence-corrected chi connectivity index (χ0v) is 20.2. The molecule has 1 saturated heterocycles. The summed E-state index contributed by atoms with van der Waals surface area (Å²) in [5.41, 5.74) is 3.50. The molecule has 0 spiro atoms. The zero-order chi connectivity index (χ0) is 24.6. The van der Waals surface area contributed by atoms with Gasteiger partial charge < -0.3 is 15.4 Å². The van der Waals surface area contributed by atoms with Crippen molar-refractivity contribution in [3.05, 3.63) is 65.0 Å². The van der Waals surface area contributed by atoms with E-state index in [4.69, 9.17) is 0 Å². The molecule has 2 aliphatic carbocycles. The maximum atomic E-state index is 14.0. The number of carbonyl (C=O) groups excluding carboxylic acids is 2. The summed E-state index contributed by atoms with van der Waals surface area (Å²) in [4.78, 5) is 32.7. The third-order valence-corrected chi connectivity index (χ3v) is 8.70. The molecule has 1 aliphatic heterocycles. The SMILES string of the molecule is CC(C)(C)C1CCC2c3c([nH]c4ccccc34)C3C(=O)N(c4cccc(N([O-])O)c4)C(=O)C3C2C1. The number of imide groups is 1. The van der Waals surface area contributed by atoms with Crippen molar-refractivity contribution in [1.29, 1.82) is 0 Å². The van der Waals surface area contributed by atoms with Gasteiger partial charge in [-0.25, -0.2) is 4.90 Å². The number of anilines is 2. The van der Waals surface area contributed by atoms with Crippen molar-refractivity contribution >= 4 is 34.1 Å². The van der Waals surface area contributed by atoms with Crippen LogP contribution in [0.2, 0.25) is 0 Å². The van der Waals surface area contributed by atoms with Crippen LogP contribution in [0.25, 0.3) is 10.9 Å². The molecule has 3 aliphatic rings. The van der Waals surface area contributed by atoms with Crippen molar-refractivity contribution in [2.24, 2.45) is 23.2 Å². The maximum absolute atomic E-state index is 14.0. The lowest BCUT2D eigenvalue weighted by atomic mass is 9.56. The molecule has 182 valence electrons. The largest absolute Gasteiger partial charge is 0.733 e. The van der Waals surface area contributed by atoms with E-state index in [9.17, 15) is 20.0 Å². The number of H-pyrrole nitrogens is 1. The summed E-state index contributed by atoms with van der Waals surface area (Å²) in [6.07, 6.45) is 3.01. The highest BCUT2D eigenvalue weighted by Crippen LogP contribution is 2.60. The minimum Gasteiger partial charge on any atom is -0.733 e. The molecule has 5 atom stereocenters. The first-order chi connectivity index (χ1) is 16.7. The third kappa shape index (κ3) is 3.25. The highest BCUT2D eigenvalue weighted by Gasteiger charge is 2.59. The van der Waals surface area contributed by atoms with Gasteiger partial charge in [-0.1, -0.05) is 45.0 Å².